The quantitative estimate of drug-likeness (QED) is 0.908. The van der Waals surface area contributed by atoms with Gasteiger partial charge >= 0.3 is 6.18 Å². The zero-order chi connectivity index (χ0) is 14.3. The van der Waals surface area contributed by atoms with Crippen LogP contribution in [-0.2, 0) is 17.2 Å². The molecule has 2 aliphatic heterocycles. The number of halogens is 3. The molecule has 0 aromatic heterocycles. The van der Waals surface area contributed by atoms with Gasteiger partial charge in [0.1, 0.15) is 11.0 Å². The highest BCUT2D eigenvalue weighted by Crippen LogP contribution is 2.33. The maximum atomic E-state index is 12.7. The second kappa shape index (κ2) is 5.13. The van der Waals surface area contributed by atoms with Crippen molar-refractivity contribution < 1.29 is 17.4 Å². The molecule has 3 atom stereocenters. The van der Waals surface area contributed by atoms with Crippen molar-refractivity contribution in [2.24, 2.45) is 0 Å². The summed E-state index contributed by atoms with van der Waals surface area (Å²) in [6, 6.07) is 5.14. The van der Waals surface area contributed by atoms with Crippen LogP contribution in [0.3, 0.4) is 0 Å². The van der Waals surface area contributed by atoms with Crippen molar-refractivity contribution in [2.75, 3.05) is 13.1 Å². The van der Waals surface area contributed by atoms with Gasteiger partial charge in [-0.15, -0.1) is 0 Å². The number of hydrogen-bond donors (Lipinski definition) is 1. The van der Waals surface area contributed by atoms with E-state index in [9.17, 15) is 17.4 Å². The highest BCUT2D eigenvalue weighted by Gasteiger charge is 2.40. The zero-order valence-electron chi connectivity index (χ0n) is 10.7. The Balaban J connectivity index is 1.88. The Morgan fingerprint density at radius 1 is 1.20 bits per heavy atom. The second-order valence-corrected chi connectivity index (χ2v) is 6.57. The summed E-state index contributed by atoms with van der Waals surface area (Å²) >= 11 is 0. The molecule has 2 heterocycles. The molecule has 2 unspecified atom stereocenters. The molecule has 7 heteroatoms. The lowest BCUT2D eigenvalue weighted by atomic mass is 10.2. The van der Waals surface area contributed by atoms with Crippen LogP contribution in [0.15, 0.2) is 29.2 Å². The van der Waals surface area contributed by atoms with Gasteiger partial charge in [0.05, 0.1) is 10.5 Å². The van der Waals surface area contributed by atoms with Gasteiger partial charge in [0.25, 0.3) is 0 Å². The van der Waals surface area contributed by atoms with E-state index in [1.54, 1.807) is 0 Å². The minimum atomic E-state index is -4.40. The predicted molar refractivity (Wildman–Crippen MR) is 69.4 cm³/mol. The lowest BCUT2D eigenvalue weighted by molar-refractivity contribution is -0.137. The minimum absolute atomic E-state index is 0.157. The molecule has 20 heavy (non-hydrogen) atoms. The Morgan fingerprint density at radius 3 is 2.45 bits per heavy atom. The molecule has 2 saturated heterocycles. The normalized spacial score (nSPS) is 28.6. The van der Waals surface area contributed by atoms with Gasteiger partial charge in [0.15, 0.2) is 0 Å². The van der Waals surface area contributed by atoms with Crippen molar-refractivity contribution in [3.63, 3.8) is 0 Å². The molecule has 0 radical (unpaired) electrons. The lowest BCUT2D eigenvalue weighted by Gasteiger charge is -2.33. The number of fused-ring (bicyclic) bond motifs is 2. The summed E-state index contributed by atoms with van der Waals surface area (Å²) in [5.41, 5.74) is -0.745. The van der Waals surface area contributed by atoms with E-state index in [2.05, 4.69) is 5.32 Å². The summed E-state index contributed by atoms with van der Waals surface area (Å²) in [6.45, 7) is 1.50. The van der Waals surface area contributed by atoms with Gasteiger partial charge in [-0.3, -0.25) is 0 Å². The van der Waals surface area contributed by atoms with Crippen LogP contribution in [0.5, 0.6) is 0 Å². The molecular formula is C13H15F3N2OS. The van der Waals surface area contributed by atoms with Crippen LogP contribution in [0.4, 0.5) is 13.2 Å². The lowest BCUT2D eigenvalue weighted by Crippen LogP contribution is -2.52. The van der Waals surface area contributed by atoms with Crippen LogP contribution in [0.25, 0.3) is 0 Å². The highest BCUT2D eigenvalue weighted by molar-refractivity contribution is 7.82. The zero-order valence-corrected chi connectivity index (χ0v) is 11.5. The van der Waals surface area contributed by atoms with Gasteiger partial charge in [-0.05, 0) is 31.0 Å². The number of piperazine rings is 1. The molecule has 2 fully saturated rings. The average molecular weight is 304 g/mol. The predicted octanol–water partition coefficient (Wildman–Crippen LogP) is 2.16. The molecule has 1 N–H and O–H groups in total. The number of nitrogens with zero attached hydrogens (tertiary/aromatic N) is 1. The maximum Gasteiger partial charge on any atom is 0.416 e. The second-order valence-electron chi connectivity index (χ2n) is 5.18. The molecule has 2 bridgehead atoms. The molecule has 2 aliphatic rings. The Kier molecular flexibility index (Phi) is 3.60. The number of benzene rings is 1. The largest absolute Gasteiger partial charge is 0.416 e. The number of hydrogen-bond acceptors (Lipinski definition) is 2. The monoisotopic (exact) mass is 304 g/mol. The van der Waals surface area contributed by atoms with Crippen molar-refractivity contribution in [1.29, 1.82) is 0 Å². The Bertz CT molecular complexity index is 519. The van der Waals surface area contributed by atoms with Crippen LogP contribution in [0.2, 0.25) is 0 Å². The first-order chi connectivity index (χ1) is 9.47. The summed E-state index contributed by atoms with van der Waals surface area (Å²) in [6.07, 6.45) is -2.51. The molecule has 1 aromatic carbocycles. The van der Waals surface area contributed by atoms with Gasteiger partial charge in [-0.1, -0.05) is 6.07 Å². The molecule has 0 spiro atoms. The summed E-state index contributed by atoms with van der Waals surface area (Å²) < 4.78 is 52.6. The van der Waals surface area contributed by atoms with Crippen molar-refractivity contribution in [2.45, 2.75) is 36.0 Å². The van der Waals surface area contributed by atoms with E-state index in [-0.39, 0.29) is 17.0 Å². The first-order valence-electron chi connectivity index (χ1n) is 6.55. The molecule has 0 saturated carbocycles. The Labute approximate surface area is 117 Å². The van der Waals surface area contributed by atoms with E-state index in [1.807, 2.05) is 4.31 Å². The molecule has 1 aromatic rings. The molecular weight excluding hydrogens is 289 g/mol. The molecule has 0 aliphatic carbocycles. The smallest absolute Gasteiger partial charge is 0.314 e. The van der Waals surface area contributed by atoms with Crippen molar-refractivity contribution in [1.82, 2.24) is 9.62 Å². The van der Waals surface area contributed by atoms with Crippen molar-refractivity contribution in [3.8, 4) is 0 Å². The van der Waals surface area contributed by atoms with Gasteiger partial charge in [-0.25, -0.2) is 8.51 Å². The van der Waals surface area contributed by atoms with Crippen LogP contribution >= 0.6 is 0 Å². The summed E-state index contributed by atoms with van der Waals surface area (Å²) in [4.78, 5) is 0.235. The van der Waals surface area contributed by atoms with Crippen LogP contribution < -0.4 is 5.32 Å². The summed E-state index contributed by atoms with van der Waals surface area (Å²) in [5, 5.41) is 3.26. The highest BCUT2D eigenvalue weighted by atomic mass is 32.2. The number of rotatable bonds is 2. The standard InChI is InChI=1S/C13H15F3N2OS/c14-13(15,16)9-2-1-3-12(6-9)20(19)18-10-4-5-11(18)8-17-7-10/h1-3,6,10-11,17H,4-5,7-8H2/t10-,11?,20?/m1/s1. The van der Waals surface area contributed by atoms with Gasteiger partial charge in [0.2, 0.25) is 0 Å². The van der Waals surface area contributed by atoms with E-state index >= 15 is 0 Å². The summed E-state index contributed by atoms with van der Waals surface area (Å²) in [5.74, 6) is 0. The third-order valence-electron chi connectivity index (χ3n) is 3.87. The third-order valence-corrected chi connectivity index (χ3v) is 5.50. The Hall–Kier alpha value is -0.920. The fourth-order valence-corrected chi connectivity index (χ4v) is 4.48. The van der Waals surface area contributed by atoms with Crippen molar-refractivity contribution >= 4 is 11.0 Å². The van der Waals surface area contributed by atoms with E-state index in [4.69, 9.17) is 0 Å². The number of nitrogens with one attached hydrogen (secondary N) is 1. The summed E-state index contributed by atoms with van der Waals surface area (Å²) in [7, 11) is -1.52. The number of alkyl halides is 3. The molecule has 3 nitrogen and oxygen atoms in total. The van der Waals surface area contributed by atoms with Crippen LogP contribution in [0.1, 0.15) is 18.4 Å². The van der Waals surface area contributed by atoms with Gasteiger partial charge < -0.3 is 5.32 Å². The van der Waals surface area contributed by atoms with Crippen LogP contribution in [0, 0.1) is 0 Å². The van der Waals surface area contributed by atoms with Crippen LogP contribution in [-0.4, -0.2) is 33.7 Å². The third kappa shape index (κ3) is 2.49. The first kappa shape index (κ1) is 14.0. The molecule has 3 rings (SSSR count). The average Bonchev–Trinajstić information content (AvgIpc) is 2.66. The van der Waals surface area contributed by atoms with Gasteiger partial charge in [-0.2, -0.15) is 13.2 Å². The van der Waals surface area contributed by atoms with Gasteiger partial charge in [0, 0.05) is 25.2 Å². The van der Waals surface area contributed by atoms with Crippen molar-refractivity contribution in [3.05, 3.63) is 29.8 Å². The maximum absolute atomic E-state index is 12.7. The fraction of sp³-hybridized carbons (Fsp3) is 0.538. The Morgan fingerprint density at radius 2 is 1.85 bits per heavy atom. The van der Waals surface area contributed by atoms with E-state index in [1.165, 1.54) is 12.1 Å². The van der Waals surface area contributed by atoms with E-state index in [0.29, 0.717) is 0 Å². The van der Waals surface area contributed by atoms with E-state index in [0.717, 1.165) is 38.1 Å². The minimum Gasteiger partial charge on any atom is -0.314 e. The topological polar surface area (TPSA) is 32.3 Å². The fourth-order valence-electron chi connectivity index (χ4n) is 2.91. The molecule has 110 valence electrons. The molecule has 0 amide bonds. The first-order valence-corrected chi connectivity index (χ1v) is 7.65. The SMILES string of the molecule is O=S(c1cccc(C(F)(F)F)c1)N1C2CC[C@@H]1CNC2. The van der Waals surface area contributed by atoms with E-state index < -0.39 is 22.7 Å².